The molecule has 2 unspecified atom stereocenters. The number of aryl methyl sites for hydroxylation is 1. The van der Waals surface area contributed by atoms with Crippen LogP contribution in [-0.2, 0) is 50.6 Å². The van der Waals surface area contributed by atoms with Gasteiger partial charge in [0, 0.05) is 40.0 Å². The Hall–Kier alpha value is -9.42. The average Bonchev–Trinajstić information content (AvgIpc) is 1.25. The summed E-state index contributed by atoms with van der Waals surface area (Å²) in [6, 6.07) is 41.0. The van der Waals surface area contributed by atoms with Gasteiger partial charge in [-0.2, -0.15) is 27.1 Å². The highest BCUT2D eigenvalue weighted by Gasteiger charge is 2.38. The van der Waals surface area contributed by atoms with E-state index in [4.69, 9.17) is 24.7 Å². The summed E-state index contributed by atoms with van der Waals surface area (Å²) in [7, 11) is -6.36. The maximum Gasteiger partial charge on any atom is 0.311 e. The Balaban J connectivity index is 0.914. The fraction of sp³-hybridized carbons (Fsp3) is 0.250. The van der Waals surface area contributed by atoms with Crippen molar-refractivity contribution in [2.45, 2.75) is 68.8 Å². The summed E-state index contributed by atoms with van der Waals surface area (Å²) in [6.45, 7) is 5.13. The Morgan fingerprint density at radius 2 is 1.26 bits per heavy atom. The highest BCUT2D eigenvalue weighted by atomic mass is 32.2. The van der Waals surface area contributed by atoms with E-state index in [0.717, 1.165) is 28.8 Å². The lowest BCUT2D eigenvalue weighted by molar-refractivity contribution is -0.159. The van der Waals surface area contributed by atoms with Crippen LogP contribution in [0.25, 0.3) is 32.7 Å². The van der Waals surface area contributed by atoms with Gasteiger partial charge in [-0.25, -0.2) is 0 Å². The second-order valence-corrected chi connectivity index (χ2v) is 24.1. The summed E-state index contributed by atoms with van der Waals surface area (Å²) >= 11 is 0. The average molecular weight is 1220 g/mol. The highest BCUT2D eigenvalue weighted by Crippen LogP contribution is 2.41. The number of nitrogens with zero attached hydrogens (tertiary/aromatic N) is 5. The molecule has 1 aliphatic rings. The molecule has 9 rings (SSSR count). The third-order valence-electron chi connectivity index (χ3n) is 15.2. The van der Waals surface area contributed by atoms with Crippen molar-refractivity contribution in [3.8, 4) is 28.4 Å². The fourth-order valence-electron chi connectivity index (χ4n) is 10.0. The molecule has 0 aromatic heterocycles. The predicted molar refractivity (Wildman–Crippen MR) is 328 cm³/mol. The number of ketones is 1. The lowest BCUT2D eigenvalue weighted by Gasteiger charge is -2.33. The van der Waals surface area contributed by atoms with Crippen LogP contribution in [0.15, 0.2) is 182 Å². The summed E-state index contributed by atoms with van der Waals surface area (Å²) in [5.41, 5.74) is 9.40. The number of fused-ring (bicyclic) bond motifs is 2. The molecule has 2 amide bonds. The molecule has 8 aromatic carbocycles. The third kappa shape index (κ3) is 14.6. The number of nitrogens with two attached hydrogens (primary N) is 1. The van der Waals surface area contributed by atoms with Crippen molar-refractivity contribution in [1.82, 2.24) is 4.90 Å². The van der Waals surface area contributed by atoms with Crippen molar-refractivity contribution < 1.29 is 64.1 Å². The topological polar surface area (TPSA) is 305 Å². The predicted octanol–water partition coefficient (Wildman–Crippen LogP) is 13.1. The zero-order valence-corrected chi connectivity index (χ0v) is 49.8. The number of piperidine rings is 1. The zero-order valence-electron chi connectivity index (χ0n) is 48.2. The SMILES string of the molecule is CCC(C)(C)C(=O)C(=O)N1CCCC(C(=O)OC(CCc2ccc(OC)c(OC)c2)c2cccc(OCC(=O)Nc3c(N=Nc4ccc(-c5ccc(N=Nc6cc(S(=O)(=O)O)c7ccccc7c6N)cc5)cc4)cc(S(=O)(=O)O)c4ccccc34)c2)C1. The molecule has 0 aliphatic carbocycles. The van der Waals surface area contributed by atoms with E-state index < -0.39 is 72.7 Å². The second kappa shape index (κ2) is 26.5. The number of amides is 2. The van der Waals surface area contributed by atoms with Crippen LogP contribution in [0, 0.1) is 11.3 Å². The van der Waals surface area contributed by atoms with Gasteiger partial charge in [-0.3, -0.25) is 28.3 Å². The van der Waals surface area contributed by atoms with Crippen molar-refractivity contribution in [3.63, 3.8) is 0 Å². The van der Waals surface area contributed by atoms with Gasteiger partial charge in [0.2, 0.25) is 5.78 Å². The largest absolute Gasteiger partial charge is 0.493 e. The number of hydrogen-bond acceptors (Lipinski definition) is 17. The highest BCUT2D eigenvalue weighted by molar-refractivity contribution is 7.86. The van der Waals surface area contributed by atoms with Crippen LogP contribution < -0.4 is 25.3 Å². The van der Waals surface area contributed by atoms with Crippen LogP contribution in [0.5, 0.6) is 17.2 Å². The molecule has 0 saturated carbocycles. The Morgan fingerprint density at radius 3 is 1.86 bits per heavy atom. The van der Waals surface area contributed by atoms with E-state index in [9.17, 15) is 45.1 Å². The number of anilines is 2. The molecule has 1 fully saturated rings. The molecule has 0 spiro atoms. The maximum atomic E-state index is 14.1. The minimum Gasteiger partial charge on any atom is -0.493 e. The van der Waals surface area contributed by atoms with Crippen LogP contribution in [0.1, 0.15) is 63.7 Å². The van der Waals surface area contributed by atoms with Gasteiger partial charge in [0.1, 0.15) is 33.0 Å². The molecule has 450 valence electrons. The molecule has 21 nitrogen and oxygen atoms in total. The van der Waals surface area contributed by atoms with Crippen molar-refractivity contribution in [1.29, 1.82) is 0 Å². The quantitative estimate of drug-likeness (QED) is 0.0161. The number of likely N-dealkylation sites (tertiary alicyclic amines) is 1. The number of nitrogens with one attached hydrogen (secondary N) is 1. The monoisotopic (exact) mass is 1220 g/mol. The van der Waals surface area contributed by atoms with E-state index in [1.54, 1.807) is 129 Å². The summed E-state index contributed by atoms with van der Waals surface area (Å²) in [5, 5.41) is 20.9. The lowest BCUT2D eigenvalue weighted by atomic mass is 9.84. The number of carbonyl (C=O) groups is 4. The molecular weight excluding hydrogens is 1150 g/mol. The van der Waals surface area contributed by atoms with Crippen LogP contribution in [0.2, 0.25) is 0 Å². The van der Waals surface area contributed by atoms with E-state index in [2.05, 4.69) is 25.8 Å². The molecule has 1 heterocycles. The minimum absolute atomic E-state index is 0.0319. The van der Waals surface area contributed by atoms with Crippen LogP contribution in [0.4, 0.5) is 34.1 Å². The fourth-order valence-corrected chi connectivity index (χ4v) is 11.4. The van der Waals surface area contributed by atoms with Gasteiger partial charge < -0.3 is 34.9 Å². The van der Waals surface area contributed by atoms with Gasteiger partial charge in [0.15, 0.2) is 18.1 Å². The molecule has 2 atom stereocenters. The van der Waals surface area contributed by atoms with E-state index in [-0.39, 0.29) is 56.1 Å². The Labute approximate surface area is 502 Å². The van der Waals surface area contributed by atoms with Gasteiger partial charge in [-0.05, 0) is 115 Å². The smallest absolute Gasteiger partial charge is 0.311 e. The number of azo groups is 2. The Morgan fingerprint density at radius 1 is 0.690 bits per heavy atom. The van der Waals surface area contributed by atoms with Crippen LogP contribution in [-0.4, -0.2) is 88.3 Å². The number of carbonyl (C=O) groups excluding carboxylic acids is 4. The first-order chi connectivity index (χ1) is 41.5. The summed E-state index contributed by atoms with van der Waals surface area (Å²) in [6.07, 6.45) is 1.34. The first kappa shape index (κ1) is 62.1. The Bertz CT molecular complexity index is 4230. The van der Waals surface area contributed by atoms with E-state index >= 15 is 0 Å². The third-order valence-corrected chi connectivity index (χ3v) is 17.0. The number of Topliss-reactive ketones (excluding diaryl/α,β-unsaturated/α-hetero) is 1. The van der Waals surface area contributed by atoms with Crippen molar-refractivity contribution >= 4 is 99.5 Å². The number of ether oxygens (including phenoxy) is 4. The van der Waals surface area contributed by atoms with Crippen LogP contribution in [0.3, 0.4) is 0 Å². The van der Waals surface area contributed by atoms with Gasteiger partial charge >= 0.3 is 5.97 Å². The zero-order chi connectivity index (χ0) is 62.2. The molecule has 87 heavy (non-hydrogen) atoms. The van der Waals surface area contributed by atoms with Crippen molar-refractivity contribution in [2.75, 3.05) is 45.0 Å². The van der Waals surface area contributed by atoms with Crippen LogP contribution >= 0.6 is 0 Å². The first-order valence-corrected chi connectivity index (χ1v) is 30.6. The standard InChI is InChI=1S/C64H63N7O14S2/c1-6-64(2,3)61(73)62(74)71-32-12-14-43(37-71)63(75)85-53(30-20-39-21-31-54(82-4)55(33-39)83-5)42-13-11-15-46(34-42)84-38-58(72)66-60-50-19-10-8-17-48(50)57(87(79,80)81)36-52(60)70-68-45-28-24-41(25-29-45)40-22-26-44(27-23-40)67-69-51-35-56(86(76,77)78)47-16-7-9-18-49(47)59(51)65/h7-11,13,15-19,21-29,31,33-36,43,53H,6,12,14,20,30,32,37-38,65H2,1-5H3,(H,66,72)(H,76,77,78)(H,79,80,81). The molecule has 0 bridgehead atoms. The first-order valence-electron chi connectivity index (χ1n) is 27.7. The molecule has 0 radical (unpaired) electrons. The number of rotatable bonds is 22. The molecule has 8 aromatic rings. The normalized spacial score (nSPS) is 14.3. The van der Waals surface area contributed by atoms with Crippen molar-refractivity contribution in [2.24, 2.45) is 31.8 Å². The summed E-state index contributed by atoms with van der Waals surface area (Å²) < 4.78 is 93.6. The number of hydrogen-bond donors (Lipinski definition) is 4. The molecule has 23 heteroatoms. The van der Waals surface area contributed by atoms with Gasteiger partial charge in [0.05, 0.1) is 42.9 Å². The van der Waals surface area contributed by atoms with E-state index in [0.29, 0.717) is 72.5 Å². The molecule has 5 N–H and O–H groups in total. The van der Waals surface area contributed by atoms with Gasteiger partial charge in [-0.1, -0.05) is 112 Å². The second-order valence-electron chi connectivity index (χ2n) is 21.3. The Kier molecular flexibility index (Phi) is 18.9. The molecule has 1 saturated heterocycles. The number of methoxy groups -OCH3 is 2. The molecular formula is C64H63N7O14S2. The van der Waals surface area contributed by atoms with Gasteiger partial charge in [-0.15, -0.1) is 10.2 Å². The molecule has 1 aliphatic heterocycles. The van der Waals surface area contributed by atoms with Gasteiger partial charge in [0.25, 0.3) is 32.1 Å². The summed E-state index contributed by atoms with van der Waals surface area (Å²) in [5.74, 6) is -1.71. The summed E-state index contributed by atoms with van der Waals surface area (Å²) in [4.78, 5) is 55.2. The number of esters is 1. The van der Waals surface area contributed by atoms with E-state index in [1.807, 2.05) is 19.1 Å². The maximum absolute atomic E-state index is 14.1. The minimum atomic E-state index is -4.83. The number of benzene rings is 8. The lowest BCUT2D eigenvalue weighted by Crippen LogP contribution is -2.48. The van der Waals surface area contributed by atoms with Crippen molar-refractivity contribution in [3.05, 3.63) is 163 Å². The van der Waals surface area contributed by atoms with E-state index in [1.165, 1.54) is 31.3 Å². The number of nitrogen functional groups attached to an aromatic ring is 1.